The molecule has 2 heterocycles. The second-order valence-electron chi connectivity index (χ2n) is 14.8. The van der Waals surface area contributed by atoms with E-state index >= 15 is 0 Å². The lowest BCUT2D eigenvalue weighted by molar-refractivity contribution is -0.183. The van der Waals surface area contributed by atoms with Crippen LogP contribution in [0.5, 0.6) is 0 Å². The number of amides is 2. The fourth-order valence-electron chi connectivity index (χ4n) is 8.79. The summed E-state index contributed by atoms with van der Waals surface area (Å²) in [6, 6.07) is 15.0. The third-order valence-corrected chi connectivity index (χ3v) is 11.7. The van der Waals surface area contributed by atoms with Gasteiger partial charge in [0.2, 0.25) is 5.91 Å². The molecule has 9 nitrogen and oxygen atoms in total. The molecule has 4 N–H and O–H groups in total. The summed E-state index contributed by atoms with van der Waals surface area (Å²) in [4.78, 5) is 35.5. The topological polar surface area (TPSA) is 114 Å². The molecule has 2 aromatic rings. The van der Waals surface area contributed by atoms with Crippen LogP contribution in [0.3, 0.4) is 0 Å². The molecule has 9 heteroatoms. The first-order chi connectivity index (χ1) is 22.1. The molecule has 2 saturated heterocycles. The Morgan fingerprint density at radius 2 is 1.78 bits per heavy atom. The first-order valence-corrected chi connectivity index (χ1v) is 17.3. The van der Waals surface area contributed by atoms with Gasteiger partial charge in [0.15, 0.2) is 0 Å². The predicted molar refractivity (Wildman–Crippen MR) is 177 cm³/mol. The van der Waals surface area contributed by atoms with Gasteiger partial charge in [-0.15, -0.1) is 0 Å². The summed E-state index contributed by atoms with van der Waals surface area (Å²) in [5.41, 5.74) is 3.73. The van der Waals surface area contributed by atoms with E-state index in [9.17, 15) is 19.8 Å². The van der Waals surface area contributed by atoms with Crippen molar-refractivity contribution < 1.29 is 24.6 Å². The number of carbonyl (C=O) groups is 2. The summed E-state index contributed by atoms with van der Waals surface area (Å²) in [7, 11) is 0. The highest BCUT2D eigenvalue weighted by Gasteiger charge is 2.57. The number of nitrogens with one attached hydrogen (secondary N) is 2. The number of aliphatic hydroxyl groups excluding tert-OH is 2. The molecule has 2 amide bonds. The molecule has 0 aromatic heterocycles. The molecule has 5 aliphatic rings. The quantitative estimate of drug-likeness (QED) is 0.298. The molecule has 5 fully saturated rings. The molecule has 250 valence electrons. The van der Waals surface area contributed by atoms with Crippen LogP contribution >= 0.6 is 0 Å². The SMILES string of the molecule is C[C@@H]1[C@@H](NC(=O)[C@@H]2[C@H]([C@H](C)O)[C@H](CO)ON2Cc2cccc(-c3cccc(C(=O)NCCN4CCCC4)c3)c2)C[C@@H]2C[C@H]1C2(C)C. The maximum absolute atomic E-state index is 14.0. The molecule has 2 aliphatic heterocycles. The first-order valence-electron chi connectivity index (χ1n) is 17.3. The third kappa shape index (κ3) is 6.62. The van der Waals surface area contributed by atoms with Crippen LogP contribution in [0, 0.1) is 29.1 Å². The third-order valence-electron chi connectivity index (χ3n) is 11.7. The molecule has 46 heavy (non-hydrogen) atoms. The smallest absolute Gasteiger partial charge is 0.251 e. The van der Waals surface area contributed by atoms with Crippen LogP contribution in [0.1, 0.15) is 69.3 Å². The van der Waals surface area contributed by atoms with Crippen LogP contribution < -0.4 is 10.6 Å². The van der Waals surface area contributed by atoms with Crippen molar-refractivity contribution in [3.63, 3.8) is 0 Å². The molecule has 7 rings (SSSR count). The van der Waals surface area contributed by atoms with Gasteiger partial charge in [-0.2, -0.15) is 5.06 Å². The van der Waals surface area contributed by atoms with Crippen LogP contribution in [0.2, 0.25) is 0 Å². The van der Waals surface area contributed by atoms with Gasteiger partial charge in [0.05, 0.1) is 19.3 Å². The van der Waals surface area contributed by atoms with Gasteiger partial charge in [-0.1, -0.05) is 51.1 Å². The van der Waals surface area contributed by atoms with Gasteiger partial charge in [0.25, 0.3) is 5.91 Å². The number of carbonyl (C=O) groups excluding carboxylic acids is 2. The van der Waals surface area contributed by atoms with E-state index in [4.69, 9.17) is 4.84 Å². The van der Waals surface area contributed by atoms with E-state index < -0.39 is 24.2 Å². The number of hydroxylamine groups is 2. The van der Waals surface area contributed by atoms with Gasteiger partial charge >= 0.3 is 0 Å². The van der Waals surface area contributed by atoms with Gasteiger partial charge in [-0.25, -0.2) is 0 Å². The summed E-state index contributed by atoms with van der Waals surface area (Å²) in [6.45, 7) is 12.3. The fraction of sp³-hybridized carbons (Fsp3) is 0.622. The zero-order valence-corrected chi connectivity index (χ0v) is 27.8. The number of rotatable bonds is 11. The molecule has 3 saturated carbocycles. The highest BCUT2D eigenvalue weighted by Crippen LogP contribution is 2.61. The van der Waals surface area contributed by atoms with Gasteiger partial charge in [0.1, 0.15) is 12.1 Å². The van der Waals surface area contributed by atoms with Gasteiger partial charge in [0, 0.05) is 30.6 Å². The lowest BCUT2D eigenvalue weighted by Crippen LogP contribution is -2.62. The zero-order valence-electron chi connectivity index (χ0n) is 27.8. The maximum Gasteiger partial charge on any atom is 0.251 e. The molecule has 2 aromatic carbocycles. The highest BCUT2D eigenvalue weighted by atomic mass is 16.7. The van der Waals surface area contributed by atoms with E-state index in [0.29, 0.717) is 41.8 Å². The molecule has 2 bridgehead atoms. The average molecular weight is 633 g/mol. The minimum Gasteiger partial charge on any atom is -0.394 e. The first kappa shape index (κ1) is 33.1. The van der Waals surface area contributed by atoms with Crippen LogP contribution in [0.4, 0.5) is 0 Å². The van der Waals surface area contributed by atoms with E-state index in [-0.39, 0.29) is 24.5 Å². The largest absolute Gasteiger partial charge is 0.394 e. The van der Waals surface area contributed by atoms with E-state index in [1.165, 1.54) is 19.3 Å². The van der Waals surface area contributed by atoms with Crippen molar-refractivity contribution in [2.24, 2.45) is 29.1 Å². The van der Waals surface area contributed by atoms with Crippen molar-refractivity contribution in [2.75, 3.05) is 32.8 Å². The van der Waals surface area contributed by atoms with Crippen LogP contribution in [-0.2, 0) is 16.2 Å². The minimum absolute atomic E-state index is 0.0797. The summed E-state index contributed by atoms with van der Waals surface area (Å²) in [5.74, 6) is 0.764. The van der Waals surface area contributed by atoms with E-state index in [0.717, 1.165) is 42.7 Å². The Bertz CT molecular complexity index is 1390. The van der Waals surface area contributed by atoms with E-state index in [1.807, 2.05) is 48.5 Å². The number of benzene rings is 2. The van der Waals surface area contributed by atoms with Crippen molar-refractivity contribution in [1.29, 1.82) is 0 Å². The van der Waals surface area contributed by atoms with Crippen LogP contribution in [0.25, 0.3) is 11.1 Å². The lowest BCUT2D eigenvalue weighted by atomic mass is 9.45. The Kier molecular flexibility index (Phi) is 9.88. The van der Waals surface area contributed by atoms with Crippen molar-refractivity contribution in [3.05, 3.63) is 59.7 Å². The lowest BCUT2D eigenvalue weighted by Gasteiger charge is -2.62. The second kappa shape index (κ2) is 13.7. The van der Waals surface area contributed by atoms with Crippen LogP contribution in [0.15, 0.2) is 48.5 Å². The Morgan fingerprint density at radius 3 is 2.46 bits per heavy atom. The summed E-state index contributed by atoms with van der Waals surface area (Å²) in [6.07, 6.45) is 3.12. The van der Waals surface area contributed by atoms with Crippen molar-refractivity contribution >= 4 is 11.8 Å². The Balaban J connectivity index is 1.15. The fourth-order valence-corrected chi connectivity index (χ4v) is 8.79. The predicted octanol–water partition coefficient (Wildman–Crippen LogP) is 3.84. The van der Waals surface area contributed by atoms with Gasteiger partial charge in [-0.3, -0.25) is 14.4 Å². The monoisotopic (exact) mass is 632 g/mol. The van der Waals surface area contributed by atoms with Crippen molar-refractivity contribution in [3.8, 4) is 11.1 Å². The Hall–Kier alpha value is -2.82. The van der Waals surface area contributed by atoms with Gasteiger partial charge in [-0.05, 0) is 104 Å². The Labute approximate surface area is 273 Å². The molecular weight excluding hydrogens is 580 g/mol. The van der Waals surface area contributed by atoms with Gasteiger partial charge < -0.3 is 25.7 Å². The normalized spacial score (nSPS) is 31.3. The number of nitrogens with zero attached hydrogens (tertiary/aromatic N) is 2. The van der Waals surface area contributed by atoms with Crippen molar-refractivity contribution in [2.45, 2.75) is 84.2 Å². The number of fused-ring (bicyclic) bond motifs is 2. The number of likely N-dealkylation sites (tertiary alicyclic amines) is 1. The summed E-state index contributed by atoms with van der Waals surface area (Å²) >= 11 is 0. The standard InChI is InChI=1S/C37H52N4O5/c1-23-30-19-29(37(30,3)4)20-31(23)39-36(45)34-33(24(2)43)32(22-42)46-41(34)21-25-9-7-10-26(17-25)27-11-8-12-28(18-27)35(44)38-13-16-40-14-5-6-15-40/h7-12,17-18,23-24,29-34,42-43H,5-6,13-16,19-22H2,1-4H3,(H,38,44)(H,39,45)/t23-,24-,29-,30+,31-,32-,33+,34-/m0/s1. The number of hydrogen-bond acceptors (Lipinski definition) is 7. The molecular formula is C37H52N4O5. The Morgan fingerprint density at radius 1 is 1.07 bits per heavy atom. The molecule has 0 radical (unpaired) electrons. The maximum atomic E-state index is 14.0. The molecule has 3 aliphatic carbocycles. The number of hydrogen-bond donors (Lipinski definition) is 4. The molecule has 8 atom stereocenters. The minimum atomic E-state index is -0.843. The molecule has 0 unspecified atom stereocenters. The molecule has 0 spiro atoms. The zero-order chi connectivity index (χ0) is 32.6. The average Bonchev–Trinajstić information content (AvgIpc) is 3.70. The summed E-state index contributed by atoms with van der Waals surface area (Å²) < 4.78 is 0. The van der Waals surface area contributed by atoms with E-state index in [2.05, 4.69) is 36.3 Å². The number of aliphatic hydroxyl groups is 2. The van der Waals surface area contributed by atoms with E-state index in [1.54, 1.807) is 12.0 Å². The summed E-state index contributed by atoms with van der Waals surface area (Å²) in [5, 5.41) is 29.0. The van der Waals surface area contributed by atoms with Crippen LogP contribution in [-0.4, -0.2) is 89.1 Å². The second-order valence-corrected chi connectivity index (χ2v) is 14.8. The highest BCUT2D eigenvalue weighted by molar-refractivity contribution is 5.95. The van der Waals surface area contributed by atoms with Crippen molar-refractivity contribution in [1.82, 2.24) is 20.6 Å².